The van der Waals surface area contributed by atoms with Crippen LogP contribution in [0.2, 0.25) is 0 Å². The summed E-state index contributed by atoms with van der Waals surface area (Å²) >= 11 is 0. The van der Waals surface area contributed by atoms with Crippen LogP contribution in [0.5, 0.6) is 0 Å². The maximum absolute atomic E-state index is 8.63. The van der Waals surface area contributed by atoms with Gasteiger partial charge in [0.2, 0.25) is 0 Å². The first-order chi connectivity index (χ1) is 7.83. The average molecular weight is 217 g/mol. The van der Waals surface area contributed by atoms with E-state index in [4.69, 9.17) is 5.26 Å². The molecule has 1 fully saturated rings. The SMILES string of the molecule is CNC1CCN(c2ccc(C#N)nn2)CC1. The van der Waals surface area contributed by atoms with Crippen LogP contribution in [0.15, 0.2) is 12.1 Å². The van der Waals surface area contributed by atoms with Crippen LogP contribution in [-0.2, 0) is 0 Å². The second kappa shape index (κ2) is 4.90. The third-order valence-corrected chi connectivity index (χ3v) is 2.99. The van der Waals surface area contributed by atoms with Crippen molar-refractivity contribution in [2.75, 3.05) is 25.0 Å². The number of rotatable bonds is 2. The number of hydrogen-bond donors (Lipinski definition) is 1. The van der Waals surface area contributed by atoms with Gasteiger partial charge in [0.1, 0.15) is 6.07 Å². The zero-order valence-corrected chi connectivity index (χ0v) is 9.35. The van der Waals surface area contributed by atoms with Crippen molar-refractivity contribution in [3.05, 3.63) is 17.8 Å². The van der Waals surface area contributed by atoms with Gasteiger partial charge in [0.15, 0.2) is 11.5 Å². The standard InChI is InChI=1S/C11H15N5/c1-13-9-4-6-16(7-5-9)11-3-2-10(8-12)14-15-11/h2-3,9,13H,4-7H2,1H3. The van der Waals surface area contributed by atoms with E-state index in [9.17, 15) is 0 Å². The maximum atomic E-state index is 8.63. The van der Waals surface area contributed by atoms with Gasteiger partial charge in [-0.3, -0.25) is 0 Å². The summed E-state index contributed by atoms with van der Waals surface area (Å²) in [5.74, 6) is 0.869. The van der Waals surface area contributed by atoms with Crippen molar-refractivity contribution < 1.29 is 0 Å². The minimum atomic E-state index is 0.369. The Morgan fingerprint density at radius 2 is 2.12 bits per heavy atom. The predicted octanol–water partition coefficient (Wildman–Crippen LogP) is 0.536. The Morgan fingerprint density at radius 1 is 1.38 bits per heavy atom. The van der Waals surface area contributed by atoms with Crippen LogP contribution in [0.1, 0.15) is 18.5 Å². The van der Waals surface area contributed by atoms with Crippen LogP contribution in [-0.4, -0.2) is 36.4 Å². The number of nitrogens with one attached hydrogen (secondary N) is 1. The van der Waals surface area contributed by atoms with Crippen molar-refractivity contribution in [3.8, 4) is 6.07 Å². The molecule has 0 bridgehead atoms. The summed E-state index contributed by atoms with van der Waals surface area (Å²) in [6.07, 6.45) is 2.25. The first-order valence-corrected chi connectivity index (χ1v) is 5.49. The molecule has 5 heteroatoms. The van der Waals surface area contributed by atoms with E-state index < -0.39 is 0 Å². The fourth-order valence-electron chi connectivity index (χ4n) is 1.95. The maximum Gasteiger partial charge on any atom is 0.163 e. The molecule has 0 atom stereocenters. The quantitative estimate of drug-likeness (QED) is 0.783. The summed E-state index contributed by atoms with van der Waals surface area (Å²) < 4.78 is 0. The lowest BCUT2D eigenvalue weighted by Gasteiger charge is -2.32. The van der Waals surface area contributed by atoms with E-state index in [1.54, 1.807) is 6.07 Å². The van der Waals surface area contributed by atoms with Crippen LogP contribution in [0.25, 0.3) is 0 Å². The molecule has 0 aromatic carbocycles. The van der Waals surface area contributed by atoms with E-state index in [1.165, 1.54) is 0 Å². The molecule has 1 aromatic heterocycles. The molecule has 0 spiro atoms. The van der Waals surface area contributed by atoms with Crippen LogP contribution in [0.3, 0.4) is 0 Å². The largest absolute Gasteiger partial charge is 0.355 e. The fourth-order valence-corrected chi connectivity index (χ4v) is 1.95. The van der Waals surface area contributed by atoms with Gasteiger partial charge in [-0.25, -0.2) is 0 Å². The summed E-state index contributed by atoms with van der Waals surface area (Å²) in [6, 6.07) is 6.17. The Kier molecular flexibility index (Phi) is 3.32. The molecule has 0 unspecified atom stereocenters. The van der Waals surface area contributed by atoms with Crippen LogP contribution >= 0.6 is 0 Å². The smallest absolute Gasteiger partial charge is 0.163 e. The summed E-state index contributed by atoms with van der Waals surface area (Å²) in [4.78, 5) is 2.21. The molecule has 1 saturated heterocycles. The van der Waals surface area contributed by atoms with Gasteiger partial charge in [0.05, 0.1) is 0 Å². The molecule has 0 aliphatic carbocycles. The monoisotopic (exact) mass is 217 g/mol. The third kappa shape index (κ3) is 2.28. The lowest BCUT2D eigenvalue weighted by molar-refractivity contribution is 0.440. The van der Waals surface area contributed by atoms with Gasteiger partial charge < -0.3 is 10.2 Å². The van der Waals surface area contributed by atoms with E-state index in [0.29, 0.717) is 11.7 Å². The van der Waals surface area contributed by atoms with E-state index >= 15 is 0 Å². The molecule has 1 aliphatic rings. The highest BCUT2D eigenvalue weighted by atomic mass is 15.3. The van der Waals surface area contributed by atoms with Gasteiger partial charge in [-0.15, -0.1) is 10.2 Å². The normalized spacial score (nSPS) is 17.1. The zero-order chi connectivity index (χ0) is 11.4. The van der Waals surface area contributed by atoms with E-state index in [0.717, 1.165) is 31.7 Å². The Labute approximate surface area is 95.1 Å². The van der Waals surface area contributed by atoms with Crippen molar-refractivity contribution in [1.82, 2.24) is 15.5 Å². The molecule has 2 rings (SSSR count). The van der Waals surface area contributed by atoms with Crippen molar-refractivity contribution in [2.45, 2.75) is 18.9 Å². The summed E-state index contributed by atoms with van der Waals surface area (Å²) in [6.45, 7) is 1.98. The van der Waals surface area contributed by atoms with Crippen LogP contribution in [0.4, 0.5) is 5.82 Å². The molecular formula is C11H15N5. The minimum Gasteiger partial charge on any atom is -0.355 e. The first kappa shape index (κ1) is 10.8. The Bertz CT molecular complexity index is 372. The molecule has 5 nitrogen and oxygen atoms in total. The molecule has 1 aromatic rings. The Balaban J connectivity index is 2.00. The molecule has 1 aliphatic heterocycles. The van der Waals surface area contributed by atoms with Crippen molar-refractivity contribution in [3.63, 3.8) is 0 Å². The molecular weight excluding hydrogens is 202 g/mol. The van der Waals surface area contributed by atoms with Crippen LogP contribution < -0.4 is 10.2 Å². The van der Waals surface area contributed by atoms with Gasteiger partial charge in [-0.1, -0.05) is 0 Å². The summed E-state index contributed by atoms with van der Waals surface area (Å²) in [7, 11) is 2.00. The summed E-state index contributed by atoms with van der Waals surface area (Å²) in [5.41, 5.74) is 0.369. The average Bonchev–Trinajstić information content (AvgIpc) is 2.39. The van der Waals surface area contributed by atoms with Crippen LogP contribution in [0, 0.1) is 11.3 Å². The van der Waals surface area contributed by atoms with Gasteiger partial charge in [-0.2, -0.15) is 5.26 Å². The van der Waals surface area contributed by atoms with E-state index in [-0.39, 0.29) is 0 Å². The Hall–Kier alpha value is -1.67. The second-order valence-corrected chi connectivity index (χ2v) is 3.94. The number of nitrogens with zero attached hydrogens (tertiary/aromatic N) is 4. The molecule has 2 heterocycles. The third-order valence-electron chi connectivity index (χ3n) is 2.99. The van der Waals surface area contributed by atoms with Crippen molar-refractivity contribution >= 4 is 5.82 Å². The van der Waals surface area contributed by atoms with Crippen molar-refractivity contribution in [1.29, 1.82) is 5.26 Å². The zero-order valence-electron chi connectivity index (χ0n) is 9.35. The molecule has 84 valence electrons. The van der Waals surface area contributed by atoms with Gasteiger partial charge in [0.25, 0.3) is 0 Å². The highest BCUT2D eigenvalue weighted by Gasteiger charge is 2.18. The summed E-state index contributed by atoms with van der Waals surface area (Å²) in [5, 5.41) is 19.8. The lowest BCUT2D eigenvalue weighted by atomic mass is 10.1. The Morgan fingerprint density at radius 3 is 2.62 bits per heavy atom. The van der Waals surface area contributed by atoms with Crippen molar-refractivity contribution in [2.24, 2.45) is 0 Å². The van der Waals surface area contributed by atoms with E-state index in [2.05, 4.69) is 20.4 Å². The highest BCUT2D eigenvalue weighted by Crippen LogP contribution is 2.16. The molecule has 16 heavy (non-hydrogen) atoms. The second-order valence-electron chi connectivity index (χ2n) is 3.94. The van der Waals surface area contributed by atoms with Gasteiger partial charge in [0, 0.05) is 19.1 Å². The van der Waals surface area contributed by atoms with Gasteiger partial charge in [-0.05, 0) is 32.0 Å². The molecule has 0 saturated carbocycles. The topological polar surface area (TPSA) is 64.8 Å². The molecule has 1 N–H and O–H groups in total. The number of nitriles is 1. The molecule has 0 amide bonds. The molecule has 0 radical (unpaired) electrons. The van der Waals surface area contributed by atoms with Gasteiger partial charge >= 0.3 is 0 Å². The lowest BCUT2D eigenvalue weighted by Crippen LogP contribution is -2.41. The number of anilines is 1. The highest BCUT2D eigenvalue weighted by molar-refractivity contribution is 5.39. The number of hydrogen-bond acceptors (Lipinski definition) is 5. The van der Waals surface area contributed by atoms with E-state index in [1.807, 2.05) is 19.2 Å². The minimum absolute atomic E-state index is 0.369. The fraction of sp³-hybridized carbons (Fsp3) is 0.545. The number of piperidine rings is 1. The first-order valence-electron chi connectivity index (χ1n) is 5.49. The number of aromatic nitrogens is 2. The predicted molar refractivity (Wildman–Crippen MR) is 61.0 cm³/mol.